The molecular weight excluding hydrogens is 286 g/mol. The first kappa shape index (κ1) is 16.4. The Labute approximate surface area is 137 Å². The van der Waals surface area contributed by atoms with Crippen LogP contribution in [-0.2, 0) is 4.74 Å². The molecule has 1 aromatic carbocycles. The summed E-state index contributed by atoms with van der Waals surface area (Å²) in [6.07, 6.45) is 6.11. The first-order chi connectivity index (χ1) is 11.0. The van der Waals surface area contributed by atoms with Gasteiger partial charge in [-0.1, -0.05) is 18.2 Å². The first-order valence-electron chi connectivity index (χ1n) is 7.40. The normalized spacial score (nSPS) is 17.0. The van der Waals surface area contributed by atoms with Gasteiger partial charge in [0.05, 0.1) is 0 Å². The van der Waals surface area contributed by atoms with Gasteiger partial charge in [0, 0.05) is 25.4 Å². The highest BCUT2D eigenvalue weighted by molar-refractivity contribution is 5.57. The lowest BCUT2D eigenvalue weighted by Gasteiger charge is -2.23. The Morgan fingerprint density at radius 3 is 2.35 bits per heavy atom. The molecule has 1 aromatic rings. The van der Waals surface area contributed by atoms with Gasteiger partial charge in [0.15, 0.2) is 0 Å². The van der Waals surface area contributed by atoms with Gasteiger partial charge in [-0.15, -0.1) is 0 Å². The van der Waals surface area contributed by atoms with Crippen molar-refractivity contribution in [1.82, 2.24) is 0 Å². The van der Waals surface area contributed by atoms with Crippen LogP contribution in [0.25, 0.3) is 6.08 Å². The lowest BCUT2D eigenvalue weighted by atomic mass is 9.99. The Bertz CT molecular complexity index is 724. The molecule has 0 saturated heterocycles. The third-order valence-electron chi connectivity index (χ3n) is 3.72. The summed E-state index contributed by atoms with van der Waals surface area (Å²) < 4.78 is 5.77. The number of hydrogen-bond acceptors (Lipinski definition) is 4. The first-order valence-corrected chi connectivity index (χ1v) is 7.40. The molecule has 0 aromatic heterocycles. The molecule has 1 aliphatic rings. The lowest BCUT2D eigenvalue weighted by molar-refractivity contribution is 0.159. The molecule has 0 saturated carbocycles. The molecule has 1 unspecified atom stereocenters. The number of allylic oxidation sites excluding steroid dienone is 3. The van der Waals surface area contributed by atoms with E-state index < -0.39 is 0 Å². The van der Waals surface area contributed by atoms with E-state index in [9.17, 15) is 0 Å². The maximum atomic E-state index is 8.95. The largest absolute Gasteiger partial charge is 0.487 e. The molecule has 0 radical (unpaired) electrons. The highest BCUT2D eigenvalue weighted by Crippen LogP contribution is 2.26. The summed E-state index contributed by atoms with van der Waals surface area (Å²) in [5, 5.41) is 17.9. The van der Waals surface area contributed by atoms with Gasteiger partial charge in [-0.2, -0.15) is 10.5 Å². The molecule has 0 spiro atoms. The molecule has 1 atom stereocenters. The van der Waals surface area contributed by atoms with Gasteiger partial charge in [0.1, 0.15) is 29.6 Å². The average Bonchev–Trinajstić information content (AvgIpc) is 2.56. The van der Waals surface area contributed by atoms with Gasteiger partial charge in [-0.3, -0.25) is 0 Å². The number of nitriles is 2. The molecule has 23 heavy (non-hydrogen) atoms. The molecule has 4 heteroatoms. The van der Waals surface area contributed by atoms with Crippen molar-refractivity contribution < 1.29 is 4.74 Å². The number of hydrogen-bond donors (Lipinski definition) is 0. The third kappa shape index (κ3) is 4.02. The van der Waals surface area contributed by atoms with Gasteiger partial charge < -0.3 is 9.64 Å². The van der Waals surface area contributed by atoms with Gasteiger partial charge in [-0.25, -0.2) is 0 Å². The van der Waals surface area contributed by atoms with Crippen LogP contribution in [0.2, 0.25) is 0 Å². The number of nitrogens with zero attached hydrogens (tertiary/aromatic N) is 3. The van der Waals surface area contributed by atoms with E-state index in [1.165, 1.54) is 0 Å². The second-order valence-electron chi connectivity index (χ2n) is 5.51. The van der Waals surface area contributed by atoms with Gasteiger partial charge in [0.25, 0.3) is 0 Å². The molecule has 1 aliphatic heterocycles. The summed E-state index contributed by atoms with van der Waals surface area (Å²) in [7, 11) is 4.02. The molecule has 2 rings (SSSR count). The monoisotopic (exact) mass is 305 g/mol. The highest BCUT2D eigenvalue weighted by Gasteiger charge is 2.19. The summed E-state index contributed by atoms with van der Waals surface area (Å²) in [5.74, 6) is 0.758. The molecular formula is C19H19N3O. The molecule has 0 N–H and O–H groups in total. The summed E-state index contributed by atoms with van der Waals surface area (Å²) in [5.41, 5.74) is 3.13. The van der Waals surface area contributed by atoms with Gasteiger partial charge in [-0.05, 0) is 43.2 Å². The van der Waals surface area contributed by atoms with E-state index in [2.05, 4.69) is 17.0 Å². The van der Waals surface area contributed by atoms with Gasteiger partial charge >= 0.3 is 0 Å². The Morgan fingerprint density at radius 2 is 1.83 bits per heavy atom. The van der Waals surface area contributed by atoms with E-state index in [1.54, 1.807) is 0 Å². The van der Waals surface area contributed by atoms with Crippen molar-refractivity contribution in [1.29, 1.82) is 10.5 Å². The molecule has 0 bridgehead atoms. The van der Waals surface area contributed by atoms with E-state index >= 15 is 0 Å². The smallest absolute Gasteiger partial charge is 0.132 e. The fourth-order valence-corrected chi connectivity index (χ4v) is 2.34. The van der Waals surface area contributed by atoms with Crippen molar-refractivity contribution in [2.75, 3.05) is 19.0 Å². The zero-order valence-electron chi connectivity index (χ0n) is 13.6. The van der Waals surface area contributed by atoms with Crippen molar-refractivity contribution >= 4 is 11.8 Å². The Balaban J connectivity index is 2.12. The fraction of sp³-hybridized carbons (Fsp3) is 0.263. The van der Waals surface area contributed by atoms with Crippen molar-refractivity contribution in [3.63, 3.8) is 0 Å². The van der Waals surface area contributed by atoms with Crippen LogP contribution >= 0.6 is 0 Å². The second kappa shape index (κ2) is 7.33. The van der Waals surface area contributed by atoms with E-state index in [4.69, 9.17) is 15.3 Å². The molecule has 0 fully saturated rings. The predicted molar refractivity (Wildman–Crippen MR) is 91.3 cm³/mol. The standard InChI is InChI=1S/C19H19N3O/c1-14-19(16(12-20)13-21)11-10-18(23-14)9-6-15-4-7-17(8-5-15)22(2)3/h4-10,14H,11H2,1-3H3. The second-order valence-corrected chi connectivity index (χ2v) is 5.51. The molecule has 0 aliphatic carbocycles. The summed E-state index contributed by atoms with van der Waals surface area (Å²) in [6.45, 7) is 1.86. The zero-order valence-corrected chi connectivity index (χ0v) is 13.6. The minimum absolute atomic E-state index is 0.149. The zero-order chi connectivity index (χ0) is 16.8. The van der Waals surface area contributed by atoms with Crippen LogP contribution < -0.4 is 4.90 Å². The van der Waals surface area contributed by atoms with Crippen LogP contribution in [0, 0.1) is 22.7 Å². The quantitative estimate of drug-likeness (QED) is 0.797. The SMILES string of the molecule is CC1OC(C=Cc2ccc(N(C)C)cc2)=CCC1=C(C#N)C#N. The minimum Gasteiger partial charge on any atom is -0.487 e. The summed E-state index contributed by atoms with van der Waals surface area (Å²) in [4.78, 5) is 2.05. The summed E-state index contributed by atoms with van der Waals surface area (Å²) >= 11 is 0. The molecule has 1 heterocycles. The third-order valence-corrected chi connectivity index (χ3v) is 3.72. The van der Waals surface area contributed by atoms with Crippen molar-refractivity contribution in [2.45, 2.75) is 19.4 Å². The number of ether oxygens (including phenoxy) is 1. The van der Waals surface area contributed by atoms with E-state index in [1.807, 2.05) is 63.5 Å². The Kier molecular flexibility index (Phi) is 5.23. The minimum atomic E-state index is -0.259. The average molecular weight is 305 g/mol. The van der Waals surface area contributed by atoms with E-state index in [-0.39, 0.29) is 11.7 Å². The van der Waals surface area contributed by atoms with Crippen LogP contribution in [0.3, 0.4) is 0 Å². The van der Waals surface area contributed by atoms with Crippen LogP contribution in [0.5, 0.6) is 0 Å². The van der Waals surface area contributed by atoms with Crippen LogP contribution in [0.15, 0.2) is 53.3 Å². The van der Waals surface area contributed by atoms with Crippen molar-refractivity contribution in [2.24, 2.45) is 0 Å². The maximum absolute atomic E-state index is 8.95. The Morgan fingerprint density at radius 1 is 1.17 bits per heavy atom. The molecule has 0 amide bonds. The van der Waals surface area contributed by atoms with Gasteiger partial charge in [0.2, 0.25) is 0 Å². The van der Waals surface area contributed by atoms with Crippen molar-refractivity contribution in [3.05, 3.63) is 58.9 Å². The van der Waals surface area contributed by atoms with Crippen LogP contribution in [-0.4, -0.2) is 20.2 Å². The molecule has 4 nitrogen and oxygen atoms in total. The highest BCUT2D eigenvalue weighted by atomic mass is 16.5. The van der Waals surface area contributed by atoms with Crippen LogP contribution in [0.1, 0.15) is 18.9 Å². The van der Waals surface area contributed by atoms with E-state index in [0.717, 1.165) is 22.6 Å². The fourth-order valence-electron chi connectivity index (χ4n) is 2.34. The summed E-state index contributed by atoms with van der Waals surface area (Å²) in [6, 6.07) is 12.1. The van der Waals surface area contributed by atoms with E-state index in [0.29, 0.717) is 6.42 Å². The Hall–Kier alpha value is -2.98. The van der Waals surface area contributed by atoms with Crippen LogP contribution in [0.4, 0.5) is 5.69 Å². The number of rotatable bonds is 3. The van der Waals surface area contributed by atoms with Crippen molar-refractivity contribution in [3.8, 4) is 12.1 Å². The number of anilines is 1. The lowest BCUT2D eigenvalue weighted by Crippen LogP contribution is -2.16. The number of benzene rings is 1. The topological polar surface area (TPSA) is 60.0 Å². The predicted octanol–water partition coefficient (Wildman–Crippen LogP) is 3.80. The molecule has 116 valence electrons. The maximum Gasteiger partial charge on any atom is 0.132 e.